The van der Waals surface area contributed by atoms with Crippen molar-refractivity contribution in [2.24, 2.45) is 0 Å². The van der Waals surface area contributed by atoms with Gasteiger partial charge < -0.3 is 14.0 Å². The van der Waals surface area contributed by atoms with E-state index in [1.165, 1.54) is 17.4 Å². The van der Waals surface area contributed by atoms with Crippen LogP contribution in [-0.2, 0) is 17.6 Å². The molecule has 1 amide bonds. The van der Waals surface area contributed by atoms with Crippen molar-refractivity contribution in [1.29, 1.82) is 0 Å². The number of aryl methyl sites for hydroxylation is 2. The number of rotatable bonds is 4. The molecule has 3 aromatic rings. The topological polar surface area (TPSA) is 93.5 Å². The van der Waals surface area contributed by atoms with Gasteiger partial charge in [-0.05, 0) is 47.7 Å². The lowest BCUT2D eigenvalue weighted by Crippen LogP contribution is -2.26. The molecule has 1 fully saturated rings. The molecule has 0 unspecified atom stereocenters. The molecule has 1 aliphatic heterocycles. The lowest BCUT2D eigenvalue weighted by Gasteiger charge is -2.16. The number of cyclic esters (lactones) is 1. The highest BCUT2D eigenvalue weighted by atomic mass is 16.6. The highest BCUT2D eigenvalue weighted by molar-refractivity contribution is 5.90. The fourth-order valence-corrected chi connectivity index (χ4v) is 3.68. The quantitative estimate of drug-likeness (QED) is 0.763. The Bertz CT molecular complexity index is 966. The van der Waals surface area contributed by atoms with Gasteiger partial charge in [-0.1, -0.05) is 6.07 Å². The van der Waals surface area contributed by atoms with Crippen molar-refractivity contribution >= 4 is 11.8 Å². The van der Waals surface area contributed by atoms with Gasteiger partial charge in [-0.3, -0.25) is 10.00 Å². The summed E-state index contributed by atoms with van der Waals surface area (Å²) < 4.78 is 15.6. The van der Waals surface area contributed by atoms with Crippen LogP contribution in [0.2, 0.25) is 0 Å². The number of hydrogen-bond acceptors (Lipinski definition) is 6. The van der Waals surface area contributed by atoms with Gasteiger partial charge in [0.2, 0.25) is 0 Å². The van der Waals surface area contributed by atoms with Crippen LogP contribution in [-0.4, -0.2) is 40.7 Å². The van der Waals surface area contributed by atoms with Crippen LogP contribution in [0.3, 0.4) is 0 Å². The van der Waals surface area contributed by atoms with Crippen LogP contribution >= 0.6 is 0 Å². The smallest absolute Gasteiger partial charge is 0.414 e. The molecule has 1 aliphatic carbocycles. The number of H-pyrrole nitrogens is 1. The second-order valence-corrected chi connectivity index (χ2v) is 6.73. The minimum Gasteiger partial charge on any atom is -0.471 e. The molecule has 138 valence electrons. The molecular formula is C19H18N4O4. The normalized spacial score (nSPS) is 18.6. The van der Waals surface area contributed by atoms with Gasteiger partial charge in [0.25, 0.3) is 5.88 Å². The number of aromatic nitrogens is 3. The van der Waals surface area contributed by atoms with Crippen LogP contribution in [0.25, 0.3) is 11.3 Å². The van der Waals surface area contributed by atoms with Crippen molar-refractivity contribution in [1.82, 2.24) is 15.4 Å². The maximum Gasteiger partial charge on any atom is 0.414 e. The van der Waals surface area contributed by atoms with Gasteiger partial charge in [-0.25, -0.2) is 4.79 Å². The van der Waals surface area contributed by atoms with Crippen molar-refractivity contribution in [2.45, 2.75) is 25.4 Å². The number of amides is 1. The molecule has 8 nitrogen and oxygen atoms in total. The zero-order valence-corrected chi connectivity index (χ0v) is 14.6. The number of hydrogen-bond donors (Lipinski definition) is 1. The van der Waals surface area contributed by atoms with E-state index in [1.807, 2.05) is 12.3 Å². The zero-order chi connectivity index (χ0) is 18.2. The van der Waals surface area contributed by atoms with Crippen LogP contribution < -0.4 is 9.64 Å². The van der Waals surface area contributed by atoms with Crippen LogP contribution in [0.4, 0.5) is 10.5 Å². The summed E-state index contributed by atoms with van der Waals surface area (Å²) in [4.78, 5) is 14.0. The number of anilines is 1. The first-order chi connectivity index (χ1) is 13.3. The molecule has 0 bridgehead atoms. The van der Waals surface area contributed by atoms with E-state index in [9.17, 15) is 4.79 Å². The molecular weight excluding hydrogens is 348 g/mol. The van der Waals surface area contributed by atoms with Crippen LogP contribution in [0, 0.1) is 0 Å². The van der Waals surface area contributed by atoms with Gasteiger partial charge in [0.15, 0.2) is 6.10 Å². The summed E-state index contributed by atoms with van der Waals surface area (Å²) in [6.07, 6.45) is 5.64. The Balaban J connectivity index is 1.35. The number of fused-ring (bicyclic) bond motifs is 3. The van der Waals surface area contributed by atoms with E-state index in [-0.39, 0.29) is 18.8 Å². The number of benzene rings is 1. The van der Waals surface area contributed by atoms with Crippen LogP contribution in [0.5, 0.6) is 5.88 Å². The van der Waals surface area contributed by atoms with Gasteiger partial charge in [-0.15, -0.1) is 0 Å². The molecule has 27 heavy (non-hydrogen) atoms. The van der Waals surface area contributed by atoms with Gasteiger partial charge in [0, 0.05) is 17.3 Å². The largest absolute Gasteiger partial charge is 0.471 e. The highest BCUT2D eigenvalue weighted by Gasteiger charge is 2.33. The average molecular weight is 366 g/mol. The number of nitrogens with zero attached hydrogens (tertiary/aromatic N) is 3. The maximum absolute atomic E-state index is 12.3. The molecule has 1 N–H and O–H groups in total. The van der Waals surface area contributed by atoms with Gasteiger partial charge in [0.05, 0.1) is 18.4 Å². The van der Waals surface area contributed by atoms with Crippen LogP contribution in [0.15, 0.2) is 41.2 Å². The van der Waals surface area contributed by atoms with Crippen molar-refractivity contribution in [3.8, 4) is 17.1 Å². The maximum atomic E-state index is 12.3. The molecule has 1 aromatic carbocycles. The number of carbonyl (C=O) groups is 1. The van der Waals surface area contributed by atoms with E-state index in [0.717, 1.165) is 36.2 Å². The Hall–Kier alpha value is -3.29. The third-order valence-corrected chi connectivity index (χ3v) is 4.99. The van der Waals surface area contributed by atoms with Gasteiger partial charge in [-0.2, -0.15) is 5.10 Å². The van der Waals surface area contributed by atoms with E-state index >= 15 is 0 Å². The summed E-state index contributed by atoms with van der Waals surface area (Å²) >= 11 is 0. The molecule has 5 rings (SSSR count). The van der Waals surface area contributed by atoms with Crippen molar-refractivity contribution in [3.05, 3.63) is 47.9 Å². The summed E-state index contributed by atoms with van der Waals surface area (Å²) in [5.41, 5.74) is 5.53. The Morgan fingerprint density at radius 3 is 3.07 bits per heavy atom. The molecule has 2 aromatic heterocycles. The molecule has 1 atom stereocenters. The third-order valence-electron chi connectivity index (χ3n) is 4.99. The molecule has 0 radical (unpaired) electrons. The Morgan fingerprint density at radius 2 is 2.19 bits per heavy atom. The van der Waals surface area contributed by atoms with Crippen molar-refractivity contribution in [2.75, 3.05) is 18.1 Å². The summed E-state index contributed by atoms with van der Waals surface area (Å²) in [6, 6.07) is 7.70. The second kappa shape index (κ2) is 6.46. The fourth-order valence-electron chi connectivity index (χ4n) is 3.68. The van der Waals surface area contributed by atoms with E-state index in [0.29, 0.717) is 12.4 Å². The van der Waals surface area contributed by atoms with Crippen molar-refractivity contribution in [3.63, 3.8) is 0 Å². The predicted molar refractivity (Wildman–Crippen MR) is 95.7 cm³/mol. The molecule has 3 heterocycles. The monoisotopic (exact) mass is 366 g/mol. The standard InChI is InChI=1S/C19H18N4O4/c24-19-23(10-15(27-19)11-25-17-6-7-26-22-17)14-4-5-16-12(8-14)2-1-3-13-9-20-21-18(13)16/h4-9,15H,1-3,10-11H2,(H,20,21)/t15-/m1/s1. The SMILES string of the molecule is O=C1O[C@@H](COc2ccon2)CN1c1ccc2c(c1)CCCc1cn[nH]c1-2. The second-order valence-electron chi connectivity index (χ2n) is 6.73. The minimum atomic E-state index is -0.362. The molecule has 0 saturated carbocycles. The Labute approximate surface area is 155 Å². The molecule has 8 heteroatoms. The van der Waals surface area contributed by atoms with Gasteiger partial charge >= 0.3 is 6.09 Å². The Morgan fingerprint density at radius 1 is 1.26 bits per heavy atom. The first-order valence-electron chi connectivity index (χ1n) is 8.95. The summed E-state index contributed by atoms with van der Waals surface area (Å²) in [5, 5.41) is 11.0. The third kappa shape index (κ3) is 2.92. The molecule has 0 spiro atoms. The summed E-state index contributed by atoms with van der Waals surface area (Å²) in [7, 11) is 0. The summed E-state index contributed by atoms with van der Waals surface area (Å²) in [6.45, 7) is 0.669. The number of aromatic amines is 1. The first kappa shape index (κ1) is 15.9. The minimum absolute atomic E-state index is 0.233. The predicted octanol–water partition coefficient (Wildman–Crippen LogP) is 2.96. The van der Waals surface area contributed by atoms with E-state index in [1.54, 1.807) is 11.0 Å². The van der Waals surface area contributed by atoms with E-state index < -0.39 is 0 Å². The molecule has 2 aliphatic rings. The molecule has 1 saturated heterocycles. The fraction of sp³-hybridized carbons (Fsp3) is 0.316. The lowest BCUT2D eigenvalue weighted by atomic mass is 10.0. The van der Waals surface area contributed by atoms with Crippen molar-refractivity contribution < 1.29 is 18.8 Å². The Kier molecular flexibility index (Phi) is 3.81. The number of carbonyl (C=O) groups excluding carboxylic acids is 1. The zero-order valence-electron chi connectivity index (χ0n) is 14.6. The first-order valence-corrected chi connectivity index (χ1v) is 8.95. The number of ether oxygens (including phenoxy) is 2. The lowest BCUT2D eigenvalue weighted by molar-refractivity contribution is 0.102. The highest BCUT2D eigenvalue weighted by Crippen LogP contribution is 2.34. The van der Waals surface area contributed by atoms with Crippen LogP contribution in [0.1, 0.15) is 17.5 Å². The van der Waals surface area contributed by atoms with Gasteiger partial charge in [0.1, 0.15) is 12.9 Å². The average Bonchev–Trinajstić information content (AvgIpc) is 3.40. The number of nitrogens with one attached hydrogen (secondary N) is 1. The summed E-state index contributed by atoms with van der Waals surface area (Å²) in [5.74, 6) is 0.380. The van der Waals surface area contributed by atoms with E-state index in [4.69, 9.17) is 14.0 Å². The van der Waals surface area contributed by atoms with E-state index in [2.05, 4.69) is 27.5 Å².